The quantitative estimate of drug-likeness (QED) is 0.725. The topological polar surface area (TPSA) is 101 Å². The van der Waals surface area contributed by atoms with Crippen molar-refractivity contribution in [3.8, 4) is 0 Å². The number of H-pyrrole nitrogens is 2. The highest BCUT2D eigenvalue weighted by molar-refractivity contribution is 7.71. The second-order valence-corrected chi connectivity index (χ2v) is 6.72. The Kier molecular flexibility index (Phi) is 4.69. The van der Waals surface area contributed by atoms with E-state index in [4.69, 9.17) is 16.7 Å². The van der Waals surface area contributed by atoms with Crippen LogP contribution >= 0.6 is 12.2 Å². The summed E-state index contributed by atoms with van der Waals surface area (Å²) < 4.78 is 9.10. The zero-order valence-electron chi connectivity index (χ0n) is 12.5. The fraction of sp³-hybridized carbons (Fsp3) is 0.667. The van der Waals surface area contributed by atoms with Gasteiger partial charge in [-0.05, 0) is 12.2 Å². The van der Waals surface area contributed by atoms with Crippen LogP contribution in [-0.2, 0) is 10.8 Å². The molecule has 0 amide bonds. The normalized spacial score (nSPS) is 11.9. The second-order valence-electron chi connectivity index (χ2n) is 6.37. The van der Waals surface area contributed by atoms with Crippen LogP contribution in [-0.4, -0.2) is 20.3 Å². The van der Waals surface area contributed by atoms with Crippen LogP contribution < -0.4 is 5.76 Å². The molecule has 2 aromatic heterocycles. The van der Waals surface area contributed by atoms with E-state index >= 15 is 0 Å². The first kappa shape index (κ1) is 16.4. The van der Waals surface area contributed by atoms with Crippen LogP contribution in [0, 0.1) is 4.84 Å². The van der Waals surface area contributed by atoms with Gasteiger partial charge in [0.1, 0.15) is 5.82 Å². The van der Waals surface area contributed by atoms with Crippen molar-refractivity contribution in [1.29, 1.82) is 0 Å². The maximum Gasteiger partial charge on any atom is 0.438 e. The number of nitrogens with one attached hydrogen (secondary N) is 2. The molecule has 20 heavy (non-hydrogen) atoms. The third-order valence-corrected chi connectivity index (χ3v) is 2.47. The summed E-state index contributed by atoms with van der Waals surface area (Å²) in [5.74, 6) is 0.875. The van der Waals surface area contributed by atoms with E-state index in [0.717, 1.165) is 5.82 Å². The summed E-state index contributed by atoms with van der Waals surface area (Å²) >= 11 is 4.69. The number of rotatable bonds is 0. The Morgan fingerprint density at radius 3 is 1.80 bits per heavy atom. The molecule has 0 saturated heterocycles. The van der Waals surface area contributed by atoms with Crippen LogP contribution in [0.5, 0.6) is 0 Å². The molecule has 8 heteroatoms. The Labute approximate surface area is 121 Å². The van der Waals surface area contributed by atoms with E-state index in [1.54, 1.807) is 0 Å². The molecule has 2 rings (SSSR count). The summed E-state index contributed by atoms with van der Waals surface area (Å²) in [5.41, 5.74) is -0.160. The van der Waals surface area contributed by atoms with Gasteiger partial charge in [-0.1, -0.05) is 46.7 Å². The maximum atomic E-state index is 10.5. The highest BCUT2D eigenvalue weighted by atomic mass is 32.1. The van der Waals surface area contributed by atoms with E-state index < -0.39 is 5.76 Å². The minimum atomic E-state index is -0.495. The lowest BCUT2D eigenvalue weighted by molar-refractivity contribution is 0.369. The number of hydrogen-bond acceptors (Lipinski definition) is 6. The van der Waals surface area contributed by atoms with Gasteiger partial charge in [-0.3, -0.25) is 9.51 Å². The van der Waals surface area contributed by atoms with Crippen molar-refractivity contribution in [3.63, 3.8) is 0 Å². The van der Waals surface area contributed by atoms with E-state index in [0.29, 0.717) is 5.82 Å². The molecule has 112 valence electrons. The molecule has 0 atom stereocenters. The van der Waals surface area contributed by atoms with Crippen LogP contribution in [0.2, 0.25) is 0 Å². The lowest BCUT2D eigenvalue weighted by atomic mass is 9.96. The van der Waals surface area contributed by atoms with Crippen LogP contribution in [0.3, 0.4) is 0 Å². The van der Waals surface area contributed by atoms with Gasteiger partial charge in [-0.25, -0.2) is 9.95 Å². The van der Waals surface area contributed by atoms with Crippen LogP contribution in [0.4, 0.5) is 0 Å². The van der Waals surface area contributed by atoms with Crippen molar-refractivity contribution >= 4 is 12.2 Å². The molecule has 0 radical (unpaired) electrons. The van der Waals surface area contributed by atoms with Crippen molar-refractivity contribution < 1.29 is 9.05 Å². The molecule has 0 aliphatic carbocycles. The van der Waals surface area contributed by atoms with Crippen LogP contribution in [0.15, 0.2) is 13.8 Å². The van der Waals surface area contributed by atoms with Gasteiger partial charge in [-0.2, -0.15) is 4.98 Å². The molecule has 2 N–H and O–H groups in total. The zero-order valence-corrected chi connectivity index (χ0v) is 13.3. The number of nitrogens with zero attached hydrogens (tertiary/aromatic N) is 2. The summed E-state index contributed by atoms with van der Waals surface area (Å²) in [4.78, 5) is 17.2. The zero-order chi connectivity index (χ0) is 15.6. The Balaban J connectivity index is 0.000000200. The molecule has 0 aliphatic rings. The smallest absolute Gasteiger partial charge is 0.348 e. The summed E-state index contributed by atoms with van der Waals surface area (Å²) in [5, 5.41) is 6.20. The predicted octanol–water partition coefficient (Wildman–Crippen LogP) is 2.69. The molecule has 0 unspecified atom stereocenters. The fourth-order valence-corrected chi connectivity index (χ4v) is 1.24. The lowest BCUT2D eigenvalue weighted by Crippen LogP contribution is -2.14. The van der Waals surface area contributed by atoms with Crippen molar-refractivity contribution in [1.82, 2.24) is 20.3 Å². The summed E-state index contributed by atoms with van der Waals surface area (Å²) in [7, 11) is 0. The van der Waals surface area contributed by atoms with Gasteiger partial charge >= 0.3 is 10.6 Å². The second kappa shape index (κ2) is 5.74. The third-order valence-electron chi connectivity index (χ3n) is 2.30. The standard InChI is InChI=1S/C6H10N2O2.C6H10N2OS/c1-6(2,3)4-7-5(9)10-8-4;1-6(2,3)4-7-5(10)9-8-4/h1-3H3,(H,7,8,9);1-3H3,(H,7,8,10). The molecule has 0 fully saturated rings. The SMILES string of the molecule is CC(C)(C)c1nc(=S)o[nH]1.CC(C)(C)c1noc(=O)[nH]1. The highest BCUT2D eigenvalue weighted by Gasteiger charge is 2.18. The van der Waals surface area contributed by atoms with Gasteiger partial charge < -0.3 is 4.52 Å². The Morgan fingerprint density at radius 1 is 1.05 bits per heavy atom. The molecule has 2 aromatic rings. The van der Waals surface area contributed by atoms with Crippen molar-refractivity contribution in [2.75, 3.05) is 0 Å². The van der Waals surface area contributed by atoms with E-state index in [1.807, 2.05) is 41.5 Å². The van der Waals surface area contributed by atoms with E-state index in [-0.39, 0.29) is 15.7 Å². The first-order valence-electron chi connectivity index (χ1n) is 6.12. The van der Waals surface area contributed by atoms with Crippen molar-refractivity contribution in [2.45, 2.75) is 52.4 Å². The largest absolute Gasteiger partial charge is 0.438 e. The fourth-order valence-electron chi connectivity index (χ4n) is 1.10. The number of hydrogen-bond donors (Lipinski definition) is 2. The molecule has 0 aromatic carbocycles. The molecule has 0 bridgehead atoms. The van der Waals surface area contributed by atoms with Crippen molar-refractivity contribution in [3.05, 3.63) is 27.0 Å². The number of aromatic amines is 2. The molecule has 7 nitrogen and oxygen atoms in total. The monoisotopic (exact) mass is 300 g/mol. The highest BCUT2D eigenvalue weighted by Crippen LogP contribution is 2.17. The summed E-state index contributed by atoms with van der Waals surface area (Å²) in [6, 6.07) is 0. The average Bonchev–Trinajstić information content (AvgIpc) is 2.85. The van der Waals surface area contributed by atoms with Gasteiger partial charge in [0.05, 0.1) is 0 Å². The summed E-state index contributed by atoms with van der Waals surface area (Å²) in [6.45, 7) is 11.9. The van der Waals surface area contributed by atoms with Gasteiger partial charge in [0.15, 0.2) is 5.82 Å². The van der Waals surface area contributed by atoms with E-state index in [9.17, 15) is 4.79 Å². The van der Waals surface area contributed by atoms with Crippen molar-refractivity contribution in [2.24, 2.45) is 0 Å². The molecule has 0 aliphatic heterocycles. The maximum absolute atomic E-state index is 10.5. The minimum Gasteiger partial charge on any atom is -0.348 e. The molecular weight excluding hydrogens is 280 g/mol. The first-order valence-corrected chi connectivity index (χ1v) is 6.53. The number of aromatic nitrogens is 4. The third kappa shape index (κ3) is 4.76. The van der Waals surface area contributed by atoms with Gasteiger partial charge in [-0.15, -0.1) is 0 Å². The Hall–Kier alpha value is -1.70. The van der Waals surface area contributed by atoms with E-state index in [2.05, 4.69) is 24.8 Å². The van der Waals surface area contributed by atoms with E-state index in [1.165, 1.54) is 0 Å². The molecular formula is C12H20N4O3S. The molecule has 0 spiro atoms. The molecule has 2 heterocycles. The lowest BCUT2D eigenvalue weighted by Gasteiger charge is -2.11. The van der Waals surface area contributed by atoms with Gasteiger partial charge in [0, 0.05) is 10.8 Å². The van der Waals surface area contributed by atoms with Crippen LogP contribution in [0.25, 0.3) is 0 Å². The Bertz CT molecular complexity index is 593. The first-order chi connectivity index (χ1) is 9.00. The molecule has 0 saturated carbocycles. The predicted molar refractivity (Wildman–Crippen MR) is 76.2 cm³/mol. The average molecular weight is 300 g/mol. The Morgan fingerprint density at radius 2 is 1.60 bits per heavy atom. The van der Waals surface area contributed by atoms with Gasteiger partial charge in [0.2, 0.25) is 0 Å². The summed E-state index contributed by atoms with van der Waals surface area (Å²) in [6.07, 6.45) is 0. The van der Waals surface area contributed by atoms with Crippen LogP contribution in [0.1, 0.15) is 53.2 Å². The van der Waals surface area contributed by atoms with Gasteiger partial charge in [0.25, 0.3) is 0 Å². The minimum absolute atomic E-state index is 0.0133.